The number of aryl methyl sites for hydroxylation is 2. The lowest BCUT2D eigenvalue weighted by Crippen LogP contribution is -2.55. The van der Waals surface area contributed by atoms with E-state index in [1.807, 2.05) is 0 Å². The molecule has 2 N–H and O–H groups in total. The summed E-state index contributed by atoms with van der Waals surface area (Å²) in [6, 6.07) is 7.04. The van der Waals surface area contributed by atoms with Crippen molar-refractivity contribution in [2.24, 2.45) is 11.1 Å². The van der Waals surface area contributed by atoms with Crippen molar-refractivity contribution in [3.8, 4) is 0 Å². The largest absolute Gasteiger partial charge is 0.380 e. The van der Waals surface area contributed by atoms with Crippen LogP contribution in [0.4, 0.5) is 0 Å². The van der Waals surface area contributed by atoms with Gasteiger partial charge < -0.3 is 15.4 Å². The van der Waals surface area contributed by atoms with E-state index >= 15 is 0 Å². The van der Waals surface area contributed by atoms with E-state index in [1.54, 1.807) is 0 Å². The van der Waals surface area contributed by atoms with E-state index in [4.69, 9.17) is 10.5 Å². The normalized spacial score (nSPS) is 19.7. The zero-order valence-electron chi connectivity index (χ0n) is 11.9. The van der Waals surface area contributed by atoms with Gasteiger partial charge in [0.15, 0.2) is 0 Å². The summed E-state index contributed by atoms with van der Waals surface area (Å²) < 4.78 is 5.43. The summed E-state index contributed by atoms with van der Waals surface area (Å²) in [5.74, 6) is 0. The topological polar surface area (TPSA) is 38.5 Å². The van der Waals surface area contributed by atoms with Crippen molar-refractivity contribution in [3.05, 3.63) is 34.9 Å². The van der Waals surface area contributed by atoms with Crippen LogP contribution in [0.2, 0.25) is 0 Å². The smallest absolute Gasteiger partial charge is 0.0575 e. The Morgan fingerprint density at radius 1 is 1.28 bits per heavy atom. The maximum atomic E-state index is 6.01. The van der Waals surface area contributed by atoms with Crippen LogP contribution >= 0.6 is 0 Å². The quantitative estimate of drug-likeness (QED) is 0.884. The zero-order chi connectivity index (χ0) is 13.3. The molecule has 1 aromatic rings. The van der Waals surface area contributed by atoms with E-state index in [-0.39, 0.29) is 5.41 Å². The first kappa shape index (κ1) is 13.5. The number of hydrogen-bond donors (Lipinski definition) is 1. The third-order valence-electron chi connectivity index (χ3n) is 4.13. The van der Waals surface area contributed by atoms with Gasteiger partial charge in [-0.05, 0) is 44.6 Å². The van der Waals surface area contributed by atoms with Gasteiger partial charge >= 0.3 is 0 Å². The Morgan fingerprint density at radius 3 is 2.33 bits per heavy atom. The molecule has 3 nitrogen and oxygen atoms in total. The molecule has 0 bridgehead atoms. The fraction of sp³-hybridized carbons (Fsp3) is 0.600. The van der Waals surface area contributed by atoms with Gasteiger partial charge in [0, 0.05) is 18.0 Å². The lowest BCUT2D eigenvalue weighted by Gasteiger charge is -2.49. The van der Waals surface area contributed by atoms with E-state index < -0.39 is 0 Å². The minimum atomic E-state index is 0.0746. The van der Waals surface area contributed by atoms with Crippen LogP contribution < -0.4 is 5.73 Å². The molecular formula is C15H24N2O. The average Bonchev–Trinajstić information content (AvgIpc) is 2.27. The predicted octanol–water partition coefficient (Wildman–Crippen LogP) is 1.88. The minimum Gasteiger partial charge on any atom is -0.380 e. The van der Waals surface area contributed by atoms with Crippen molar-refractivity contribution in [1.29, 1.82) is 0 Å². The highest BCUT2D eigenvalue weighted by molar-refractivity contribution is 5.33. The van der Waals surface area contributed by atoms with E-state index in [0.717, 1.165) is 13.2 Å². The van der Waals surface area contributed by atoms with Crippen LogP contribution in [0.25, 0.3) is 0 Å². The molecule has 1 aromatic carbocycles. The molecule has 1 unspecified atom stereocenters. The molecule has 0 spiro atoms. The lowest BCUT2D eigenvalue weighted by atomic mass is 9.74. The Kier molecular flexibility index (Phi) is 3.76. The van der Waals surface area contributed by atoms with E-state index in [1.165, 1.54) is 16.7 Å². The number of rotatable bonds is 4. The molecule has 0 radical (unpaired) electrons. The van der Waals surface area contributed by atoms with E-state index in [9.17, 15) is 0 Å². The summed E-state index contributed by atoms with van der Waals surface area (Å²) in [6.07, 6.45) is 0. The number of benzene rings is 1. The summed E-state index contributed by atoms with van der Waals surface area (Å²) in [5.41, 5.74) is 10.1. The maximum Gasteiger partial charge on any atom is 0.0575 e. The molecule has 2 rings (SSSR count). The van der Waals surface area contributed by atoms with Gasteiger partial charge in [0.2, 0.25) is 0 Å². The van der Waals surface area contributed by atoms with Crippen molar-refractivity contribution in [2.45, 2.75) is 19.9 Å². The highest BCUT2D eigenvalue weighted by Gasteiger charge is 2.46. The molecule has 18 heavy (non-hydrogen) atoms. The third kappa shape index (κ3) is 2.18. The van der Waals surface area contributed by atoms with E-state index in [0.29, 0.717) is 12.6 Å². The van der Waals surface area contributed by atoms with Crippen LogP contribution in [0.3, 0.4) is 0 Å². The zero-order valence-corrected chi connectivity index (χ0v) is 11.9. The monoisotopic (exact) mass is 248 g/mol. The summed E-state index contributed by atoms with van der Waals surface area (Å²) >= 11 is 0. The van der Waals surface area contributed by atoms with Gasteiger partial charge in [-0.25, -0.2) is 0 Å². The van der Waals surface area contributed by atoms with Crippen LogP contribution in [0, 0.1) is 19.3 Å². The Hall–Kier alpha value is -0.900. The third-order valence-corrected chi connectivity index (χ3v) is 4.13. The first-order valence-corrected chi connectivity index (χ1v) is 6.51. The lowest BCUT2D eigenvalue weighted by molar-refractivity contribution is -0.145. The molecule has 1 fully saturated rings. The van der Waals surface area contributed by atoms with Crippen LogP contribution in [0.15, 0.2) is 18.2 Å². The van der Waals surface area contributed by atoms with Crippen LogP contribution in [-0.4, -0.2) is 38.8 Å². The van der Waals surface area contributed by atoms with Gasteiger partial charge in [-0.1, -0.05) is 18.2 Å². The summed E-state index contributed by atoms with van der Waals surface area (Å²) in [5, 5.41) is 0. The molecule has 3 heteroatoms. The van der Waals surface area contributed by atoms with Crippen molar-refractivity contribution in [1.82, 2.24) is 4.90 Å². The standard InChI is InChI=1S/C15H24N2O/c1-11-5-6-13(7-12(11)2)14(17(3)4)15(8-16)9-18-10-15/h5-7,14H,8-10,16H2,1-4H3. The predicted molar refractivity (Wildman–Crippen MR) is 74.7 cm³/mol. The minimum absolute atomic E-state index is 0.0746. The Balaban J connectivity index is 2.38. The summed E-state index contributed by atoms with van der Waals surface area (Å²) in [4.78, 5) is 2.26. The fourth-order valence-corrected chi connectivity index (χ4v) is 2.89. The molecular weight excluding hydrogens is 224 g/mol. The van der Waals surface area contributed by atoms with Gasteiger partial charge in [0.05, 0.1) is 13.2 Å². The van der Waals surface area contributed by atoms with Gasteiger partial charge in [0.25, 0.3) is 0 Å². The van der Waals surface area contributed by atoms with Crippen molar-refractivity contribution < 1.29 is 4.74 Å². The van der Waals surface area contributed by atoms with Gasteiger partial charge in [0.1, 0.15) is 0 Å². The molecule has 1 aliphatic rings. The first-order valence-electron chi connectivity index (χ1n) is 6.51. The van der Waals surface area contributed by atoms with Crippen LogP contribution in [-0.2, 0) is 4.74 Å². The van der Waals surface area contributed by atoms with Crippen molar-refractivity contribution >= 4 is 0 Å². The van der Waals surface area contributed by atoms with Gasteiger partial charge in [-0.3, -0.25) is 0 Å². The Morgan fingerprint density at radius 2 is 1.94 bits per heavy atom. The molecule has 1 saturated heterocycles. The molecule has 0 amide bonds. The second-order valence-corrected chi connectivity index (χ2v) is 5.77. The second kappa shape index (κ2) is 5.00. The Bertz CT molecular complexity index is 419. The fourth-order valence-electron chi connectivity index (χ4n) is 2.89. The average molecular weight is 248 g/mol. The van der Waals surface area contributed by atoms with Gasteiger partial charge in [-0.2, -0.15) is 0 Å². The van der Waals surface area contributed by atoms with Crippen LogP contribution in [0.1, 0.15) is 22.7 Å². The molecule has 1 aliphatic heterocycles. The maximum absolute atomic E-state index is 6.01. The highest BCUT2D eigenvalue weighted by atomic mass is 16.5. The summed E-state index contributed by atoms with van der Waals surface area (Å²) in [6.45, 7) is 6.51. The molecule has 0 aromatic heterocycles. The van der Waals surface area contributed by atoms with Crippen molar-refractivity contribution in [3.63, 3.8) is 0 Å². The van der Waals surface area contributed by atoms with Crippen LogP contribution in [0.5, 0.6) is 0 Å². The molecule has 0 saturated carbocycles. The summed E-state index contributed by atoms with van der Waals surface area (Å²) in [7, 11) is 4.24. The number of nitrogens with two attached hydrogens (primary N) is 1. The molecule has 100 valence electrons. The van der Waals surface area contributed by atoms with E-state index in [2.05, 4.69) is 51.0 Å². The number of hydrogen-bond acceptors (Lipinski definition) is 3. The second-order valence-electron chi connectivity index (χ2n) is 5.77. The molecule has 1 heterocycles. The van der Waals surface area contributed by atoms with Gasteiger partial charge in [-0.15, -0.1) is 0 Å². The molecule has 1 atom stereocenters. The number of ether oxygens (including phenoxy) is 1. The first-order chi connectivity index (χ1) is 8.50. The number of nitrogens with zero attached hydrogens (tertiary/aromatic N) is 1. The van der Waals surface area contributed by atoms with Crippen molar-refractivity contribution in [2.75, 3.05) is 33.9 Å². The highest BCUT2D eigenvalue weighted by Crippen LogP contribution is 2.42. The molecule has 0 aliphatic carbocycles. The Labute approximate surface area is 110 Å². The SMILES string of the molecule is Cc1ccc(C(N(C)C)C2(CN)COC2)cc1C.